The third-order valence-electron chi connectivity index (χ3n) is 11.0. The summed E-state index contributed by atoms with van der Waals surface area (Å²) in [6.07, 6.45) is 13.0. The first-order chi connectivity index (χ1) is 26.1. The topological polar surface area (TPSA) is 32.0 Å². The van der Waals surface area contributed by atoms with E-state index in [4.69, 9.17) is 0 Å². The highest BCUT2D eigenvalue weighted by Crippen LogP contribution is 2.57. The summed E-state index contributed by atoms with van der Waals surface area (Å²) in [7, 11) is 0. The Hall–Kier alpha value is -6.63. The molecule has 6 aromatic carbocycles. The highest BCUT2D eigenvalue weighted by molar-refractivity contribution is 5.98. The molecule has 0 atom stereocenters. The van der Waals surface area contributed by atoms with E-state index in [2.05, 4.69) is 193 Å². The molecular weight excluding hydrogens is 643 g/mol. The standard InChI is InChI=1S/C50H39N3/c1-3-4-15-35(2)52-48-23-14-12-21-44(48)45-32-40(29-31-49(45)52)53(39-26-24-36(34-51)25-27-39)41-28-30-43-42-20-11-13-22-46(42)50(47(43)33-41,37-16-7-5-8-17-37)38-18-9-6-10-19-38/h3-13,15-22,24-33H,14,23H2,1-2H3/b4-3-,35-15+. The van der Waals surface area contributed by atoms with Crippen molar-refractivity contribution in [3.05, 3.63) is 209 Å². The predicted molar refractivity (Wildman–Crippen MR) is 221 cm³/mol. The molecule has 0 bridgehead atoms. The van der Waals surface area contributed by atoms with Crippen LogP contribution in [0.25, 0.3) is 33.8 Å². The summed E-state index contributed by atoms with van der Waals surface area (Å²) in [5.41, 5.74) is 15.8. The van der Waals surface area contributed by atoms with Crippen LogP contribution < -0.4 is 4.90 Å². The molecule has 0 saturated carbocycles. The lowest BCUT2D eigenvalue weighted by Gasteiger charge is -2.35. The van der Waals surface area contributed by atoms with Gasteiger partial charge in [-0.05, 0) is 121 Å². The fourth-order valence-electron chi connectivity index (χ4n) is 8.77. The molecule has 0 fully saturated rings. The number of fused-ring (bicyclic) bond motifs is 6. The number of allylic oxidation sites excluding steroid dienone is 5. The number of aromatic nitrogens is 1. The molecule has 0 spiro atoms. The smallest absolute Gasteiger partial charge is 0.0991 e. The maximum atomic E-state index is 9.72. The van der Waals surface area contributed by atoms with Crippen LogP contribution in [-0.2, 0) is 11.8 Å². The van der Waals surface area contributed by atoms with Crippen molar-refractivity contribution in [1.82, 2.24) is 4.57 Å². The monoisotopic (exact) mass is 681 g/mol. The van der Waals surface area contributed by atoms with Gasteiger partial charge in [0, 0.05) is 39.4 Å². The Morgan fingerprint density at radius 3 is 2.08 bits per heavy atom. The number of rotatable bonds is 7. The summed E-state index contributed by atoms with van der Waals surface area (Å²) < 4.78 is 2.44. The molecule has 0 aliphatic heterocycles. The summed E-state index contributed by atoms with van der Waals surface area (Å²) in [6.45, 7) is 4.25. The molecule has 254 valence electrons. The lowest BCUT2D eigenvalue weighted by Crippen LogP contribution is -2.28. The number of anilines is 3. The van der Waals surface area contributed by atoms with Crippen LogP contribution in [0.5, 0.6) is 0 Å². The number of nitrogens with zero attached hydrogens (tertiary/aromatic N) is 3. The van der Waals surface area contributed by atoms with Gasteiger partial charge >= 0.3 is 0 Å². The summed E-state index contributed by atoms with van der Waals surface area (Å²) in [6, 6.07) is 54.9. The van der Waals surface area contributed by atoms with Crippen molar-refractivity contribution in [2.24, 2.45) is 0 Å². The second-order valence-electron chi connectivity index (χ2n) is 13.9. The molecule has 3 nitrogen and oxygen atoms in total. The average Bonchev–Trinajstić information content (AvgIpc) is 3.71. The number of hydrogen-bond donors (Lipinski definition) is 0. The Labute approximate surface area is 311 Å². The molecule has 9 rings (SSSR count). The van der Waals surface area contributed by atoms with Crippen molar-refractivity contribution >= 4 is 39.7 Å². The molecule has 3 heteroatoms. The second kappa shape index (κ2) is 13.2. The van der Waals surface area contributed by atoms with Gasteiger partial charge in [0.05, 0.1) is 22.6 Å². The number of hydrogen-bond acceptors (Lipinski definition) is 2. The largest absolute Gasteiger partial charge is 0.317 e. The second-order valence-corrected chi connectivity index (χ2v) is 13.9. The first-order valence-corrected chi connectivity index (χ1v) is 18.4. The van der Waals surface area contributed by atoms with Gasteiger partial charge < -0.3 is 9.47 Å². The van der Waals surface area contributed by atoms with E-state index in [1.165, 1.54) is 61.2 Å². The summed E-state index contributed by atoms with van der Waals surface area (Å²) in [5, 5.41) is 11.0. The Morgan fingerprint density at radius 1 is 0.717 bits per heavy atom. The van der Waals surface area contributed by atoms with Crippen LogP contribution in [0.1, 0.15) is 59.3 Å². The molecule has 0 unspecified atom stereocenters. The van der Waals surface area contributed by atoms with Crippen molar-refractivity contribution in [1.29, 1.82) is 5.26 Å². The molecule has 2 aliphatic carbocycles. The van der Waals surface area contributed by atoms with E-state index >= 15 is 0 Å². The van der Waals surface area contributed by atoms with Crippen LogP contribution in [0.4, 0.5) is 17.1 Å². The molecule has 1 aromatic heterocycles. The van der Waals surface area contributed by atoms with Crippen molar-refractivity contribution in [2.75, 3.05) is 4.90 Å². The lowest BCUT2D eigenvalue weighted by atomic mass is 9.67. The normalized spacial score (nSPS) is 14.2. The lowest BCUT2D eigenvalue weighted by molar-refractivity contribution is 0.768. The summed E-state index contributed by atoms with van der Waals surface area (Å²) >= 11 is 0. The fourth-order valence-corrected chi connectivity index (χ4v) is 8.77. The maximum Gasteiger partial charge on any atom is 0.0991 e. The third kappa shape index (κ3) is 5.10. The van der Waals surface area contributed by atoms with Gasteiger partial charge in [-0.2, -0.15) is 5.26 Å². The molecule has 0 N–H and O–H groups in total. The van der Waals surface area contributed by atoms with Crippen molar-refractivity contribution < 1.29 is 0 Å². The van der Waals surface area contributed by atoms with Gasteiger partial charge in [-0.25, -0.2) is 0 Å². The Bertz CT molecular complexity index is 2590. The van der Waals surface area contributed by atoms with Gasteiger partial charge in [0.2, 0.25) is 0 Å². The van der Waals surface area contributed by atoms with Crippen LogP contribution >= 0.6 is 0 Å². The number of benzene rings is 6. The Kier molecular flexibility index (Phi) is 8.02. The van der Waals surface area contributed by atoms with Crippen LogP contribution in [0, 0.1) is 11.3 Å². The summed E-state index contributed by atoms with van der Waals surface area (Å²) in [4.78, 5) is 2.35. The Balaban J connectivity index is 1.31. The minimum absolute atomic E-state index is 0.511. The van der Waals surface area contributed by atoms with Gasteiger partial charge in [0.25, 0.3) is 0 Å². The zero-order valence-electron chi connectivity index (χ0n) is 30.0. The predicted octanol–water partition coefficient (Wildman–Crippen LogP) is 12.7. The van der Waals surface area contributed by atoms with Crippen molar-refractivity contribution in [2.45, 2.75) is 32.1 Å². The van der Waals surface area contributed by atoms with E-state index in [9.17, 15) is 5.26 Å². The van der Waals surface area contributed by atoms with Crippen molar-refractivity contribution in [3.8, 4) is 17.2 Å². The fraction of sp³-hybridized carbons (Fsp3) is 0.100. The molecule has 53 heavy (non-hydrogen) atoms. The van der Waals surface area contributed by atoms with E-state index in [-0.39, 0.29) is 0 Å². The minimum Gasteiger partial charge on any atom is -0.317 e. The van der Waals surface area contributed by atoms with Crippen LogP contribution in [0.2, 0.25) is 0 Å². The van der Waals surface area contributed by atoms with E-state index in [1.54, 1.807) is 0 Å². The molecule has 7 aromatic rings. The van der Waals surface area contributed by atoms with Gasteiger partial charge in [-0.15, -0.1) is 0 Å². The van der Waals surface area contributed by atoms with Gasteiger partial charge in [-0.3, -0.25) is 0 Å². The summed E-state index contributed by atoms with van der Waals surface area (Å²) in [5.74, 6) is 0. The van der Waals surface area contributed by atoms with Gasteiger partial charge in [0.15, 0.2) is 0 Å². The zero-order valence-corrected chi connectivity index (χ0v) is 30.0. The zero-order chi connectivity index (χ0) is 35.9. The van der Waals surface area contributed by atoms with Crippen LogP contribution in [-0.4, -0.2) is 4.57 Å². The molecular formula is C50H39N3. The average molecular weight is 682 g/mol. The van der Waals surface area contributed by atoms with Gasteiger partial charge in [0.1, 0.15) is 0 Å². The van der Waals surface area contributed by atoms with Crippen molar-refractivity contribution in [3.63, 3.8) is 0 Å². The van der Waals surface area contributed by atoms with E-state index in [0.29, 0.717) is 5.56 Å². The first-order valence-electron chi connectivity index (χ1n) is 18.4. The quantitative estimate of drug-likeness (QED) is 0.157. The minimum atomic E-state index is -0.511. The van der Waals surface area contributed by atoms with E-state index in [0.717, 1.165) is 29.9 Å². The maximum absolute atomic E-state index is 9.72. The Morgan fingerprint density at radius 2 is 1.36 bits per heavy atom. The molecule has 2 aliphatic rings. The molecule has 0 saturated heterocycles. The molecule has 0 radical (unpaired) electrons. The molecule has 1 heterocycles. The van der Waals surface area contributed by atoms with E-state index < -0.39 is 5.41 Å². The van der Waals surface area contributed by atoms with E-state index in [1.807, 2.05) is 12.1 Å². The molecule has 0 amide bonds. The highest BCUT2D eigenvalue weighted by atomic mass is 15.1. The highest BCUT2D eigenvalue weighted by Gasteiger charge is 2.46. The van der Waals surface area contributed by atoms with Crippen LogP contribution in [0.3, 0.4) is 0 Å². The van der Waals surface area contributed by atoms with Crippen LogP contribution in [0.15, 0.2) is 170 Å². The number of nitriles is 1. The van der Waals surface area contributed by atoms with Gasteiger partial charge in [-0.1, -0.05) is 115 Å². The first kappa shape index (κ1) is 32.3. The third-order valence-corrected chi connectivity index (χ3v) is 11.0. The SMILES string of the molecule is C/C=C\C=C(/C)n1c2c(c3cc(N(c4ccc(C#N)cc4)c4ccc5c(c4)C(c4ccccc4)(c4ccccc4)c4ccccc4-5)ccc31)C=CCC2.